The number of piperazine rings is 1. The molecular weight excluding hydrogens is 412 g/mol. The van der Waals surface area contributed by atoms with Crippen LogP contribution >= 0.6 is 0 Å². The molecule has 1 aliphatic rings. The Morgan fingerprint density at radius 3 is 2.33 bits per heavy atom. The SMILES string of the molecule is COc1cccc(C(=O)CN2CCN(c3nnc(-c4ccccc4)c4ccccc34)CC2)c1. The van der Waals surface area contributed by atoms with Crippen LogP contribution in [-0.2, 0) is 0 Å². The van der Waals surface area contributed by atoms with Gasteiger partial charge in [-0.1, -0.05) is 66.7 Å². The van der Waals surface area contributed by atoms with Crippen LogP contribution in [0.2, 0.25) is 0 Å². The molecule has 0 unspecified atom stereocenters. The summed E-state index contributed by atoms with van der Waals surface area (Å²) in [7, 11) is 1.61. The van der Waals surface area contributed by atoms with Gasteiger partial charge in [-0.15, -0.1) is 10.2 Å². The fourth-order valence-corrected chi connectivity index (χ4v) is 4.34. The van der Waals surface area contributed by atoms with Gasteiger partial charge in [0, 0.05) is 48.1 Å². The van der Waals surface area contributed by atoms with Gasteiger partial charge >= 0.3 is 0 Å². The minimum Gasteiger partial charge on any atom is -0.497 e. The number of anilines is 1. The number of fused-ring (bicyclic) bond motifs is 1. The van der Waals surface area contributed by atoms with Gasteiger partial charge in [-0.2, -0.15) is 0 Å². The maximum atomic E-state index is 12.7. The number of ether oxygens (including phenoxy) is 1. The van der Waals surface area contributed by atoms with Gasteiger partial charge in [0.1, 0.15) is 11.4 Å². The average Bonchev–Trinajstić information content (AvgIpc) is 2.89. The van der Waals surface area contributed by atoms with Gasteiger partial charge in [0.2, 0.25) is 0 Å². The van der Waals surface area contributed by atoms with Gasteiger partial charge in [0.15, 0.2) is 11.6 Å². The summed E-state index contributed by atoms with van der Waals surface area (Å²) in [4.78, 5) is 17.2. The average molecular weight is 439 g/mol. The van der Waals surface area contributed by atoms with Crippen LogP contribution in [0.1, 0.15) is 10.4 Å². The summed E-state index contributed by atoms with van der Waals surface area (Å²) >= 11 is 0. The molecule has 6 nitrogen and oxygen atoms in total. The fraction of sp³-hybridized carbons (Fsp3) is 0.222. The first kappa shape index (κ1) is 21.1. The molecule has 6 heteroatoms. The van der Waals surface area contributed by atoms with E-state index in [1.54, 1.807) is 13.2 Å². The minimum absolute atomic E-state index is 0.111. The number of carbonyl (C=O) groups excluding carboxylic acids is 1. The lowest BCUT2D eigenvalue weighted by molar-refractivity contribution is 0.0926. The fourth-order valence-electron chi connectivity index (χ4n) is 4.34. The third kappa shape index (κ3) is 4.43. The number of benzene rings is 3. The number of Topliss-reactive ketones (excluding diaryl/α,β-unsaturated/α-hetero) is 1. The Kier molecular flexibility index (Phi) is 6.00. The highest BCUT2D eigenvalue weighted by Gasteiger charge is 2.23. The Hall–Kier alpha value is -3.77. The Morgan fingerprint density at radius 1 is 0.848 bits per heavy atom. The summed E-state index contributed by atoms with van der Waals surface area (Å²) in [5, 5.41) is 11.4. The molecule has 1 aromatic heterocycles. The summed E-state index contributed by atoms with van der Waals surface area (Å²) in [6, 6.07) is 25.8. The number of nitrogens with zero attached hydrogens (tertiary/aromatic N) is 4. The lowest BCUT2D eigenvalue weighted by Gasteiger charge is -2.35. The molecule has 0 radical (unpaired) electrons. The number of carbonyl (C=O) groups is 1. The van der Waals surface area contributed by atoms with E-state index in [9.17, 15) is 4.79 Å². The molecule has 1 fully saturated rings. The van der Waals surface area contributed by atoms with Gasteiger partial charge in [0.05, 0.1) is 13.7 Å². The second-order valence-electron chi connectivity index (χ2n) is 8.20. The van der Waals surface area contributed by atoms with E-state index in [0.29, 0.717) is 17.9 Å². The highest BCUT2D eigenvalue weighted by Crippen LogP contribution is 2.31. The second kappa shape index (κ2) is 9.38. The van der Waals surface area contributed by atoms with E-state index in [2.05, 4.69) is 44.3 Å². The molecule has 33 heavy (non-hydrogen) atoms. The van der Waals surface area contributed by atoms with Crippen LogP contribution in [0.15, 0.2) is 78.9 Å². The molecule has 0 aliphatic carbocycles. The summed E-state index contributed by atoms with van der Waals surface area (Å²) in [6.45, 7) is 3.60. The second-order valence-corrected chi connectivity index (χ2v) is 8.20. The zero-order valence-electron chi connectivity index (χ0n) is 18.6. The van der Waals surface area contributed by atoms with Crippen molar-refractivity contribution >= 4 is 22.4 Å². The van der Waals surface area contributed by atoms with Gasteiger partial charge < -0.3 is 9.64 Å². The van der Waals surface area contributed by atoms with Crippen LogP contribution in [0.5, 0.6) is 5.75 Å². The van der Waals surface area contributed by atoms with Gasteiger partial charge in [-0.05, 0) is 12.1 Å². The summed E-state index contributed by atoms with van der Waals surface area (Å²) in [5.41, 5.74) is 2.65. The predicted molar refractivity (Wildman–Crippen MR) is 131 cm³/mol. The smallest absolute Gasteiger partial charge is 0.176 e. The van der Waals surface area contributed by atoms with Crippen LogP contribution in [0, 0.1) is 0 Å². The zero-order chi connectivity index (χ0) is 22.6. The maximum absolute atomic E-state index is 12.7. The molecule has 166 valence electrons. The van der Waals surface area contributed by atoms with Crippen molar-refractivity contribution in [1.29, 1.82) is 0 Å². The quantitative estimate of drug-likeness (QED) is 0.418. The molecule has 2 heterocycles. The Morgan fingerprint density at radius 2 is 1.58 bits per heavy atom. The number of aromatic nitrogens is 2. The molecule has 3 aromatic carbocycles. The molecule has 4 aromatic rings. The Labute approximate surface area is 193 Å². The summed E-state index contributed by atoms with van der Waals surface area (Å²) in [6.07, 6.45) is 0. The topological polar surface area (TPSA) is 58.6 Å². The van der Waals surface area contributed by atoms with Crippen molar-refractivity contribution in [3.05, 3.63) is 84.4 Å². The largest absolute Gasteiger partial charge is 0.497 e. The standard InChI is InChI=1S/C27H26N4O2/c1-33-22-11-7-10-21(18-22)25(32)19-30-14-16-31(17-15-30)27-24-13-6-5-12-23(24)26(28-29-27)20-8-3-2-4-9-20/h2-13,18H,14-17,19H2,1H3. The van der Waals surface area contributed by atoms with Crippen molar-refractivity contribution in [2.24, 2.45) is 0 Å². The molecule has 0 spiro atoms. The van der Waals surface area contributed by atoms with Gasteiger partial charge in [0.25, 0.3) is 0 Å². The van der Waals surface area contributed by atoms with E-state index >= 15 is 0 Å². The molecule has 0 atom stereocenters. The van der Waals surface area contributed by atoms with Crippen molar-refractivity contribution < 1.29 is 9.53 Å². The lowest BCUT2D eigenvalue weighted by atomic mass is 10.0. The molecular formula is C27H26N4O2. The van der Waals surface area contributed by atoms with Crippen molar-refractivity contribution in [3.8, 4) is 17.0 Å². The molecule has 0 bridgehead atoms. The lowest BCUT2D eigenvalue weighted by Crippen LogP contribution is -2.48. The number of hydrogen-bond acceptors (Lipinski definition) is 6. The van der Waals surface area contributed by atoms with Gasteiger partial charge in [-0.3, -0.25) is 9.69 Å². The van der Waals surface area contributed by atoms with Crippen molar-refractivity contribution in [3.63, 3.8) is 0 Å². The monoisotopic (exact) mass is 438 g/mol. The molecule has 0 amide bonds. The third-order valence-corrected chi connectivity index (χ3v) is 6.15. The Balaban J connectivity index is 1.31. The van der Waals surface area contributed by atoms with E-state index in [-0.39, 0.29) is 5.78 Å². The van der Waals surface area contributed by atoms with E-state index < -0.39 is 0 Å². The van der Waals surface area contributed by atoms with Crippen LogP contribution < -0.4 is 9.64 Å². The Bertz CT molecular complexity index is 1270. The predicted octanol–water partition coefficient (Wildman–Crippen LogP) is 4.31. The molecule has 1 saturated heterocycles. The molecule has 0 saturated carbocycles. The number of rotatable bonds is 6. The highest BCUT2D eigenvalue weighted by molar-refractivity contribution is 6.00. The van der Waals surface area contributed by atoms with Crippen molar-refractivity contribution in [2.75, 3.05) is 44.7 Å². The summed E-state index contributed by atoms with van der Waals surface area (Å²) in [5.74, 6) is 1.72. The normalized spacial score (nSPS) is 14.4. The van der Waals surface area contributed by atoms with Crippen LogP contribution in [0.4, 0.5) is 5.82 Å². The molecule has 0 N–H and O–H groups in total. The van der Waals surface area contributed by atoms with Crippen LogP contribution in [-0.4, -0.2) is 60.7 Å². The van der Waals surface area contributed by atoms with Gasteiger partial charge in [-0.25, -0.2) is 0 Å². The zero-order valence-corrected chi connectivity index (χ0v) is 18.6. The number of hydrogen-bond donors (Lipinski definition) is 0. The molecule has 5 rings (SSSR count). The third-order valence-electron chi connectivity index (χ3n) is 6.15. The number of methoxy groups -OCH3 is 1. The first-order chi connectivity index (χ1) is 16.2. The summed E-state index contributed by atoms with van der Waals surface area (Å²) < 4.78 is 5.24. The maximum Gasteiger partial charge on any atom is 0.176 e. The highest BCUT2D eigenvalue weighted by atomic mass is 16.5. The van der Waals surface area contributed by atoms with E-state index in [1.165, 1.54) is 0 Å². The van der Waals surface area contributed by atoms with E-state index in [4.69, 9.17) is 4.74 Å². The van der Waals surface area contributed by atoms with Crippen LogP contribution in [0.25, 0.3) is 22.0 Å². The minimum atomic E-state index is 0.111. The first-order valence-electron chi connectivity index (χ1n) is 11.2. The van der Waals surface area contributed by atoms with Crippen molar-refractivity contribution in [2.45, 2.75) is 0 Å². The molecule has 1 aliphatic heterocycles. The van der Waals surface area contributed by atoms with E-state index in [1.807, 2.05) is 48.5 Å². The van der Waals surface area contributed by atoms with Crippen LogP contribution in [0.3, 0.4) is 0 Å². The first-order valence-corrected chi connectivity index (χ1v) is 11.2. The van der Waals surface area contributed by atoms with E-state index in [0.717, 1.165) is 54.0 Å². The van der Waals surface area contributed by atoms with Crippen molar-refractivity contribution in [1.82, 2.24) is 15.1 Å². The number of ketones is 1.